The number of aryl methyl sites for hydroxylation is 1. The van der Waals surface area contributed by atoms with Crippen LogP contribution in [0.4, 0.5) is 0 Å². The van der Waals surface area contributed by atoms with Crippen LogP contribution < -0.4 is 0 Å². The number of thioether (sulfide) groups is 1. The lowest BCUT2D eigenvalue weighted by Crippen LogP contribution is -2.15. The third-order valence-corrected chi connectivity index (χ3v) is 3.89. The molecule has 5 heteroatoms. The van der Waals surface area contributed by atoms with Gasteiger partial charge in [-0.15, -0.1) is 11.8 Å². The molecule has 0 aromatic carbocycles. The van der Waals surface area contributed by atoms with Crippen LogP contribution in [0.2, 0.25) is 0 Å². The molecule has 1 aliphatic rings. The monoisotopic (exact) mass is 240 g/mol. The molecule has 88 valence electrons. The van der Waals surface area contributed by atoms with Crippen molar-refractivity contribution in [2.75, 3.05) is 12.4 Å². The molecular formula is C11H16N2O2S. The molecule has 1 aromatic heterocycles. The summed E-state index contributed by atoms with van der Waals surface area (Å²) in [5, 5.41) is 19.0. The molecule has 1 unspecified atom stereocenters. The number of fused-ring (bicyclic) bond motifs is 1. The number of aliphatic hydroxyl groups excluding tert-OH is 2. The van der Waals surface area contributed by atoms with E-state index in [0.29, 0.717) is 5.75 Å². The zero-order chi connectivity index (χ0) is 11.4. The summed E-state index contributed by atoms with van der Waals surface area (Å²) in [6.45, 7) is -0.194. The Kier molecular flexibility index (Phi) is 4.15. The zero-order valence-electron chi connectivity index (χ0n) is 9.09. The van der Waals surface area contributed by atoms with Crippen molar-refractivity contribution in [3.63, 3.8) is 0 Å². The Balaban J connectivity index is 2.08. The molecule has 2 N–H and O–H groups in total. The second-order valence-electron chi connectivity index (χ2n) is 3.96. The smallest absolute Gasteiger partial charge is 0.116 e. The van der Waals surface area contributed by atoms with Crippen LogP contribution in [0.1, 0.15) is 24.1 Å². The minimum absolute atomic E-state index is 0.194. The molecule has 0 bridgehead atoms. The first-order chi connectivity index (χ1) is 7.81. The molecule has 2 rings (SSSR count). The summed E-state index contributed by atoms with van der Waals surface area (Å²) in [5.41, 5.74) is 2.39. The van der Waals surface area contributed by atoms with Gasteiger partial charge >= 0.3 is 0 Å². The van der Waals surface area contributed by atoms with Crippen molar-refractivity contribution in [3.05, 3.63) is 17.6 Å². The maximum Gasteiger partial charge on any atom is 0.116 e. The molecule has 4 nitrogen and oxygen atoms in total. The summed E-state index contributed by atoms with van der Waals surface area (Å²) >= 11 is 1.51. The summed E-state index contributed by atoms with van der Waals surface area (Å²) in [5.74, 6) is 0.486. The van der Waals surface area contributed by atoms with Gasteiger partial charge < -0.3 is 10.2 Å². The van der Waals surface area contributed by atoms with E-state index in [4.69, 9.17) is 5.11 Å². The van der Waals surface area contributed by atoms with Crippen molar-refractivity contribution < 1.29 is 10.2 Å². The van der Waals surface area contributed by atoms with E-state index in [0.717, 1.165) is 23.6 Å². The zero-order valence-corrected chi connectivity index (χ0v) is 9.91. The number of aliphatic hydroxyl groups is 2. The van der Waals surface area contributed by atoms with Gasteiger partial charge in [-0.1, -0.05) is 0 Å². The van der Waals surface area contributed by atoms with Crippen LogP contribution in [-0.2, 0) is 12.8 Å². The molecule has 16 heavy (non-hydrogen) atoms. The molecule has 1 atom stereocenters. The molecule has 0 aliphatic heterocycles. The quantitative estimate of drug-likeness (QED) is 0.602. The van der Waals surface area contributed by atoms with Gasteiger partial charge in [0.1, 0.15) is 11.4 Å². The fraction of sp³-hybridized carbons (Fsp3) is 0.636. The Morgan fingerprint density at radius 2 is 2.12 bits per heavy atom. The van der Waals surface area contributed by atoms with Crippen LogP contribution in [-0.4, -0.2) is 38.6 Å². The lowest BCUT2D eigenvalue weighted by atomic mass is 9.98. The topological polar surface area (TPSA) is 66.2 Å². The van der Waals surface area contributed by atoms with Crippen LogP contribution in [0.25, 0.3) is 0 Å². The van der Waals surface area contributed by atoms with Crippen molar-refractivity contribution in [3.8, 4) is 0 Å². The number of nitrogens with zero attached hydrogens (tertiary/aromatic N) is 2. The largest absolute Gasteiger partial charge is 0.394 e. The van der Waals surface area contributed by atoms with Gasteiger partial charge in [-0.3, -0.25) is 0 Å². The minimum Gasteiger partial charge on any atom is -0.394 e. The Labute approximate surface area is 99.1 Å². The Hall–Kier alpha value is -0.650. The van der Waals surface area contributed by atoms with Gasteiger partial charge in [0.25, 0.3) is 0 Å². The molecule has 0 fully saturated rings. The van der Waals surface area contributed by atoms with Crippen LogP contribution >= 0.6 is 11.8 Å². The van der Waals surface area contributed by atoms with Crippen LogP contribution in [0.3, 0.4) is 0 Å². The maximum atomic E-state index is 9.31. The average molecular weight is 240 g/mol. The second-order valence-corrected chi connectivity index (χ2v) is 4.97. The number of rotatable bonds is 4. The molecule has 0 spiro atoms. The van der Waals surface area contributed by atoms with E-state index in [1.807, 2.05) is 0 Å². The fourth-order valence-corrected chi connectivity index (χ4v) is 2.81. The standard InChI is InChI=1S/C11H16N2O2S/c14-5-8(15)6-16-11-9-3-1-2-4-10(9)12-7-13-11/h7-8,14-15H,1-6H2. The van der Waals surface area contributed by atoms with Crippen molar-refractivity contribution >= 4 is 11.8 Å². The predicted octanol–water partition coefficient (Wildman–Crippen LogP) is 0.801. The molecule has 1 aromatic rings. The van der Waals surface area contributed by atoms with Gasteiger partial charge in [0.2, 0.25) is 0 Å². The van der Waals surface area contributed by atoms with Gasteiger partial charge in [-0.05, 0) is 25.7 Å². The molecule has 1 aliphatic carbocycles. The first kappa shape index (κ1) is 11.8. The van der Waals surface area contributed by atoms with Crippen LogP contribution in [0.5, 0.6) is 0 Å². The maximum absolute atomic E-state index is 9.31. The Morgan fingerprint density at radius 3 is 2.94 bits per heavy atom. The molecule has 0 radical (unpaired) electrons. The number of hydrogen-bond donors (Lipinski definition) is 2. The Morgan fingerprint density at radius 1 is 1.31 bits per heavy atom. The van der Waals surface area contributed by atoms with Gasteiger partial charge in [-0.25, -0.2) is 9.97 Å². The molecular weight excluding hydrogens is 224 g/mol. The lowest BCUT2D eigenvalue weighted by molar-refractivity contribution is 0.113. The molecule has 1 heterocycles. The van der Waals surface area contributed by atoms with E-state index >= 15 is 0 Å². The average Bonchev–Trinajstić information content (AvgIpc) is 2.35. The van der Waals surface area contributed by atoms with E-state index in [2.05, 4.69) is 9.97 Å². The van der Waals surface area contributed by atoms with E-state index in [-0.39, 0.29) is 6.61 Å². The van der Waals surface area contributed by atoms with Crippen molar-refractivity contribution in [1.82, 2.24) is 9.97 Å². The number of aromatic nitrogens is 2. The van der Waals surface area contributed by atoms with Crippen molar-refractivity contribution in [2.24, 2.45) is 0 Å². The Bertz CT molecular complexity index is 360. The summed E-state index contributed by atoms with van der Waals surface area (Å²) < 4.78 is 0. The number of hydrogen-bond acceptors (Lipinski definition) is 5. The van der Waals surface area contributed by atoms with Crippen molar-refractivity contribution in [1.29, 1.82) is 0 Å². The van der Waals surface area contributed by atoms with Gasteiger partial charge in [0.15, 0.2) is 0 Å². The first-order valence-electron chi connectivity index (χ1n) is 5.55. The van der Waals surface area contributed by atoms with Crippen LogP contribution in [0, 0.1) is 0 Å². The third kappa shape index (κ3) is 2.72. The molecule has 0 saturated heterocycles. The molecule has 0 amide bonds. The van der Waals surface area contributed by atoms with E-state index in [1.54, 1.807) is 6.33 Å². The SMILES string of the molecule is OCC(O)CSc1ncnc2c1CCCC2. The highest BCUT2D eigenvalue weighted by Crippen LogP contribution is 2.28. The normalized spacial score (nSPS) is 16.9. The minimum atomic E-state index is -0.667. The summed E-state index contributed by atoms with van der Waals surface area (Å²) in [6.07, 6.45) is 5.39. The van der Waals surface area contributed by atoms with E-state index in [1.165, 1.54) is 30.2 Å². The van der Waals surface area contributed by atoms with Gasteiger partial charge in [0.05, 0.1) is 12.7 Å². The van der Waals surface area contributed by atoms with E-state index in [9.17, 15) is 5.11 Å². The summed E-state index contributed by atoms with van der Waals surface area (Å²) in [4.78, 5) is 8.55. The predicted molar refractivity (Wildman–Crippen MR) is 62.5 cm³/mol. The van der Waals surface area contributed by atoms with Gasteiger partial charge in [0, 0.05) is 17.0 Å². The molecule has 0 saturated carbocycles. The highest BCUT2D eigenvalue weighted by Gasteiger charge is 2.16. The summed E-state index contributed by atoms with van der Waals surface area (Å²) in [7, 11) is 0. The van der Waals surface area contributed by atoms with Gasteiger partial charge in [-0.2, -0.15) is 0 Å². The highest BCUT2D eigenvalue weighted by molar-refractivity contribution is 7.99. The second kappa shape index (κ2) is 5.61. The fourth-order valence-electron chi connectivity index (χ4n) is 1.84. The highest BCUT2D eigenvalue weighted by atomic mass is 32.2. The van der Waals surface area contributed by atoms with Crippen LogP contribution in [0.15, 0.2) is 11.4 Å². The summed E-state index contributed by atoms with van der Waals surface area (Å²) in [6, 6.07) is 0. The first-order valence-corrected chi connectivity index (χ1v) is 6.54. The lowest BCUT2D eigenvalue weighted by Gasteiger charge is -2.17. The van der Waals surface area contributed by atoms with Crippen molar-refractivity contribution in [2.45, 2.75) is 36.8 Å². The third-order valence-electron chi connectivity index (χ3n) is 2.71. The van der Waals surface area contributed by atoms with E-state index < -0.39 is 6.10 Å².